The van der Waals surface area contributed by atoms with E-state index in [1.54, 1.807) is 0 Å². The third kappa shape index (κ3) is 13.6. The molecule has 0 aliphatic heterocycles. The summed E-state index contributed by atoms with van der Waals surface area (Å²) < 4.78 is 0. The van der Waals surface area contributed by atoms with Crippen molar-refractivity contribution in [2.45, 2.75) is 19.4 Å². The van der Waals surface area contributed by atoms with E-state index in [1.807, 2.05) is 6.07 Å². The Morgan fingerprint density at radius 3 is 2.32 bits per heavy atom. The van der Waals surface area contributed by atoms with Crippen LogP contribution >= 0.6 is 24.8 Å². The second-order valence-electron chi connectivity index (χ2n) is 5.77. The van der Waals surface area contributed by atoms with Gasteiger partial charge in [-0.3, -0.25) is 4.79 Å². The van der Waals surface area contributed by atoms with Gasteiger partial charge < -0.3 is 20.3 Å². The van der Waals surface area contributed by atoms with Gasteiger partial charge in [-0.25, -0.2) is 0 Å². The molecule has 144 valence electrons. The topological polar surface area (TPSA) is 68.2 Å². The van der Waals surface area contributed by atoms with Gasteiger partial charge in [-0.1, -0.05) is 35.5 Å². The normalized spacial score (nSPS) is 10.6. The van der Waals surface area contributed by atoms with Crippen LogP contribution in [0.3, 0.4) is 0 Å². The van der Waals surface area contributed by atoms with E-state index in [4.69, 9.17) is 5.21 Å². The first-order valence-corrected chi connectivity index (χ1v) is 7.98. The van der Waals surface area contributed by atoms with Gasteiger partial charge >= 0.3 is 0 Å². The van der Waals surface area contributed by atoms with Gasteiger partial charge in [0, 0.05) is 13.1 Å². The van der Waals surface area contributed by atoms with Gasteiger partial charge in [-0.05, 0) is 52.1 Å². The van der Waals surface area contributed by atoms with Crippen molar-refractivity contribution in [2.75, 3.05) is 40.3 Å². The van der Waals surface area contributed by atoms with Crippen LogP contribution in [-0.2, 0) is 11.3 Å². The molecule has 0 unspecified atom stereocenters. The smallest absolute Gasteiger partial charge is 0.265 e. The predicted molar refractivity (Wildman–Crippen MR) is 107 cm³/mol. The summed E-state index contributed by atoms with van der Waals surface area (Å²) in [6.07, 6.45) is 2.86. The van der Waals surface area contributed by atoms with Crippen molar-refractivity contribution >= 4 is 36.9 Å². The number of nitrogens with one attached hydrogen (secondary N) is 1. The number of nitrogens with zero attached hydrogens (tertiary/aromatic N) is 3. The standard InChI is InChI=1S/C17H28N4O2.2ClH/c1-20(11-6-10-18-17(22)14-19-23)12-7-13-21(2)15-16-8-4-3-5-9-16;;/h3-5,8-9,14,23H,6-7,10-13,15H2,1-2H3,(H,18,22);2*1H/b19-14+;;. The summed E-state index contributed by atoms with van der Waals surface area (Å²) in [6, 6.07) is 10.5. The monoisotopic (exact) mass is 392 g/mol. The predicted octanol–water partition coefficient (Wildman–Crippen LogP) is 2.25. The van der Waals surface area contributed by atoms with E-state index < -0.39 is 0 Å². The van der Waals surface area contributed by atoms with Crippen molar-refractivity contribution in [1.29, 1.82) is 0 Å². The Morgan fingerprint density at radius 1 is 1.08 bits per heavy atom. The molecule has 0 radical (unpaired) electrons. The fraction of sp³-hybridized carbons (Fsp3) is 0.529. The highest BCUT2D eigenvalue weighted by Crippen LogP contribution is 2.03. The lowest BCUT2D eigenvalue weighted by atomic mass is 10.2. The minimum Gasteiger partial charge on any atom is -0.411 e. The first-order valence-electron chi connectivity index (χ1n) is 7.98. The van der Waals surface area contributed by atoms with Crippen molar-refractivity contribution < 1.29 is 10.0 Å². The number of hydrogen-bond donors (Lipinski definition) is 2. The van der Waals surface area contributed by atoms with E-state index in [-0.39, 0.29) is 30.7 Å². The van der Waals surface area contributed by atoms with Crippen molar-refractivity contribution in [3.05, 3.63) is 35.9 Å². The zero-order chi connectivity index (χ0) is 16.9. The molecule has 0 atom stereocenters. The third-order valence-corrected chi connectivity index (χ3v) is 3.57. The Balaban J connectivity index is 0. The highest BCUT2D eigenvalue weighted by atomic mass is 35.5. The molecular formula is C17H30Cl2N4O2. The molecule has 25 heavy (non-hydrogen) atoms. The Hall–Kier alpha value is -1.34. The number of hydrogen-bond acceptors (Lipinski definition) is 5. The SMILES string of the molecule is CN(CCCNC(=O)/C=N/O)CCCN(C)Cc1ccccc1.Cl.Cl. The molecule has 0 fully saturated rings. The van der Waals surface area contributed by atoms with Crippen molar-refractivity contribution in [2.24, 2.45) is 5.16 Å². The van der Waals surface area contributed by atoms with Crippen LogP contribution in [0.15, 0.2) is 35.5 Å². The first-order chi connectivity index (χ1) is 11.1. The molecule has 8 heteroatoms. The summed E-state index contributed by atoms with van der Waals surface area (Å²) in [7, 11) is 4.24. The molecule has 0 aliphatic rings. The lowest BCUT2D eigenvalue weighted by Gasteiger charge is -2.20. The lowest BCUT2D eigenvalue weighted by molar-refractivity contribution is -0.114. The van der Waals surface area contributed by atoms with E-state index in [0.717, 1.165) is 45.2 Å². The highest BCUT2D eigenvalue weighted by Gasteiger charge is 2.03. The molecule has 1 aromatic rings. The average molecular weight is 393 g/mol. The molecule has 6 nitrogen and oxygen atoms in total. The lowest BCUT2D eigenvalue weighted by Crippen LogP contribution is -2.30. The summed E-state index contributed by atoms with van der Waals surface area (Å²) in [6.45, 7) is 4.58. The zero-order valence-electron chi connectivity index (χ0n) is 14.9. The van der Waals surface area contributed by atoms with E-state index >= 15 is 0 Å². The molecule has 0 saturated heterocycles. The Morgan fingerprint density at radius 2 is 1.68 bits per heavy atom. The van der Waals surface area contributed by atoms with Crippen LogP contribution in [-0.4, -0.2) is 67.4 Å². The molecule has 0 spiro atoms. The summed E-state index contributed by atoms with van der Waals surface area (Å²) >= 11 is 0. The van der Waals surface area contributed by atoms with E-state index in [9.17, 15) is 4.79 Å². The third-order valence-electron chi connectivity index (χ3n) is 3.57. The maximum absolute atomic E-state index is 11.0. The first kappa shape index (κ1) is 25.9. The van der Waals surface area contributed by atoms with Crippen LogP contribution in [0.4, 0.5) is 0 Å². The number of rotatable bonds is 11. The van der Waals surface area contributed by atoms with Gasteiger partial charge in [0.15, 0.2) is 0 Å². The van der Waals surface area contributed by atoms with Crippen LogP contribution < -0.4 is 5.32 Å². The molecular weight excluding hydrogens is 363 g/mol. The maximum Gasteiger partial charge on any atom is 0.265 e. The second kappa shape index (κ2) is 16.1. The Labute approximate surface area is 163 Å². The summed E-state index contributed by atoms with van der Waals surface area (Å²) in [5.74, 6) is -0.363. The average Bonchev–Trinajstić information content (AvgIpc) is 2.53. The van der Waals surface area contributed by atoms with E-state index in [2.05, 4.69) is 58.6 Å². The molecule has 0 saturated carbocycles. The molecule has 0 aromatic heterocycles. The maximum atomic E-state index is 11.0. The van der Waals surface area contributed by atoms with Crippen molar-refractivity contribution in [3.8, 4) is 0 Å². The van der Waals surface area contributed by atoms with E-state index in [0.29, 0.717) is 6.54 Å². The van der Waals surface area contributed by atoms with Crippen molar-refractivity contribution in [1.82, 2.24) is 15.1 Å². The second-order valence-corrected chi connectivity index (χ2v) is 5.77. The Bertz CT molecular complexity index is 475. The number of oxime groups is 1. The Kier molecular flexibility index (Phi) is 16.7. The fourth-order valence-electron chi connectivity index (χ4n) is 2.36. The molecule has 0 bridgehead atoms. The highest BCUT2D eigenvalue weighted by molar-refractivity contribution is 6.25. The van der Waals surface area contributed by atoms with Crippen LogP contribution in [0.2, 0.25) is 0 Å². The number of carbonyl (C=O) groups excluding carboxylic acids is 1. The molecule has 0 heterocycles. The minimum atomic E-state index is -0.363. The van der Waals surface area contributed by atoms with Crippen LogP contribution in [0.25, 0.3) is 0 Å². The number of amides is 1. The van der Waals surface area contributed by atoms with Crippen LogP contribution in [0, 0.1) is 0 Å². The molecule has 0 aliphatic carbocycles. The van der Waals surface area contributed by atoms with Gasteiger partial charge in [0.05, 0.1) is 0 Å². The number of halogens is 2. The quantitative estimate of drug-likeness (QED) is 0.262. The summed E-state index contributed by atoms with van der Waals surface area (Å²) in [5, 5.41) is 13.6. The number of benzene rings is 1. The fourth-order valence-corrected chi connectivity index (χ4v) is 2.36. The summed E-state index contributed by atoms with van der Waals surface area (Å²) in [5.41, 5.74) is 1.34. The minimum absolute atomic E-state index is 0. The van der Waals surface area contributed by atoms with Crippen molar-refractivity contribution in [3.63, 3.8) is 0 Å². The van der Waals surface area contributed by atoms with E-state index in [1.165, 1.54) is 5.56 Å². The molecule has 1 aromatic carbocycles. The number of carbonyl (C=O) groups is 1. The van der Waals surface area contributed by atoms with Gasteiger partial charge in [0.1, 0.15) is 6.21 Å². The van der Waals surface area contributed by atoms with Gasteiger partial charge in [0.2, 0.25) is 0 Å². The van der Waals surface area contributed by atoms with Gasteiger partial charge in [-0.2, -0.15) is 0 Å². The van der Waals surface area contributed by atoms with Gasteiger partial charge in [0.25, 0.3) is 5.91 Å². The molecule has 2 N–H and O–H groups in total. The summed E-state index contributed by atoms with van der Waals surface area (Å²) in [4.78, 5) is 15.6. The largest absolute Gasteiger partial charge is 0.411 e. The zero-order valence-corrected chi connectivity index (χ0v) is 16.6. The van der Waals surface area contributed by atoms with Crippen LogP contribution in [0.1, 0.15) is 18.4 Å². The van der Waals surface area contributed by atoms with Crippen LogP contribution in [0.5, 0.6) is 0 Å². The molecule has 1 rings (SSSR count). The van der Waals surface area contributed by atoms with Gasteiger partial charge in [-0.15, -0.1) is 24.8 Å². The molecule has 1 amide bonds.